The number of nitriles is 1. The highest BCUT2D eigenvalue weighted by molar-refractivity contribution is 14.1. The molecule has 0 aliphatic carbocycles. The SMILES string of the molecule is CCc1c[nH]c(=O)c(I)c1Oc1cc(Cl)cc(C#N)c1. The Morgan fingerprint density at radius 2 is 2.20 bits per heavy atom. The molecule has 0 radical (unpaired) electrons. The number of hydrogen-bond acceptors (Lipinski definition) is 3. The van der Waals surface area contributed by atoms with E-state index in [0.29, 0.717) is 32.1 Å². The average Bonchev–Trinajstić information content (AvgIpc) is 2.43. The molecule has 20 heavy (non-hydrogen) atoms. The van der Waals surface area contributed by atoms with E-state index in [0.717, 1.165) is 5.56 Å². The molecule has 1 aromatic carbocycles. The maximum absolute atomic E-state index is 11.7. The van der Waals surface area contributed by atoms with Crippen molar-refractivity contribution in [1.29, 1.82) is 5.26 Å². The van der Waals surface area contributed by atoms with Crippen LogP contribution in [-0.4, -0.2) is 4.98 Å². The zero-order valence-electron chi connectivity index (χ0n) is 10.5. The number of hydrogen-bond donors (Lipinski definition) is 1. The highest BCUT2D eigenvalue weighted by Gasteiger charge is 2.12. The Kier molecular flexibility index (Phi) is 4.68. The largest absolute Gasteiger partial charge is 0.456 e. The number of aromatic nitrogens is 1. The van der Waals surface area contributed by atoms with Gasteiger partial charge in [-0.05, 0) is 47.2 Å². The molecule has 2 rings (SSSR count). The van der Waals surface area contributed by atoms with Crippen LogP contribution in [0.2, 0.25) is 5.02 Å². The predicted octanol–water partition coefficient (Wildman–Crippen LogP) is 3.86. The number of nitrogens with zero attached hydrogens (tertiary/aromatic N) is 1. The first-order chi connectivity index (χ1) is 9.55. The van der Waals surface area contributed by atoms with Crippen molar-refractivity contribution in [3.63, 3.8) is 0 Å². The van der Waals surface area contributed by atoms with Crippen LogP contribution in [0, 0.1) is 14.9 Å². The number of H-pyrrole nitrogens is 1. The number of aromatic amines is 1. The van der Waals surface area contributed by atoms with Crippen molar-refractivity contribution in [3.8, 4) is 17.6 Å². The molecular weight excluding hydrogens is 391 g/mol. The van der Waals surface area contributed by atoms with Crippen LogP contribution >= 0.6 is 34.2 Å². The number of nitrogens with one attached hydrogen (secondary N) is 1. The van der Waals surface area contributed by atoms with Crippen molar-refractivity contribution in [3.05, 3.63) is 54.5 Å². The number of aryl methyl sites for hydroxylation is 1. The number of pyridine rings is 1. The molecule has 1 aromatic heterocycles. The van der Waals surface area contributed by atoms with Gasteiger partial charge in [-0.25, -0.2) is 0 Å². The maximum atomic E-state index is 11.7. The smallest absolute Gasteiger partial charge is 0.265 e. The molecule has 0 aliphatic heterocycles. The fourth-order valence-corrected chi connectivity index (χ4v) is 2.54. The summed E-state index contributed by atoms with van der Waals surface area (Å²) in [5.41, 5.74) is 1.08. The van der Waals surface area contributed by atoms with Crippen LogP contribution in [0.15, 0.2) is 29.2 Å². The number of rotatable bonds is 3. The molecule has 1 N–H and O–H groups in total. The van der Waals surface area contributed by atoms with Crippen LogP contribution in [0.5, 0.6) is 11.5 Å². The van der Waals surface area contributed by atoms with Gasteiger partial charge in [0, 0.05) is 16.8 Å². The van der Waals surface area contributed by atoms with Gasteiger partial charge in [0.2, 0.25) is 0 Å². The fourth-order valence-electron chi connectivity index (χ4n) is 1.70. The van der Waals surface area contributed by atoms with Gasteiger partial charge in [0.15, 0.2) is 5.75 Å². The molecular formula is C14H10ClIN2O2. The van der Waals surface area contributed by atoms with Crippen molar-refractivity contribution in [2.45, 2.75) is 13.3 Å². The van der Waals surface area contributed by atoms with Crippen molar-refractivity contribution < 1.29 is 4.74 Å². The van der Waals surface area contributed by atoms with E-state index in [9.17, 15) is 4.79 Å². The van der Waals surface area contributed by atoms with Crippen LogP contribution in [0.25, 0.3) is 0 Å². The zero-order valence-corrected chi connectivity index (χ0v) is 13.4. The molecule has 0 aliphatic rings. The summed E-state index contributed by atoms with van der Waals surface area (Å²) in [4.78, 5) is 14.3. The van der Waals surface area contributed by atoms with Gasteiger partial charge in [-0.2, -0.15) is 5.26 Å². The Balaban J connectivity index is 2.50. The molecule has 0 saturated heterocycles. The first-order valence-corrected chi connectivity index (χ1v) is 7.29. The average molecular weight is 401 g/mol. The van der Waals surface area contributed by atoms with Crippen molar-refractivity contribution >= 4 is 34.2 Å². The minimum atomic E-state index is -0.208. The monoisotopic (exact) mass is 400 g/mol. The summed E-state index contributed by atoms with van der Waals surface area (Å²) in [6.07, 6.45) is 2.35. The van der Waals surface area contributed by atoms with Gasteiger partial charge in [-0.1, -0.05) is 18.5 Å². The van der Waals surface area contributed by atoms with Gasteiger partial charge in [0.05, 0.1) is 11.6 Å². The lowest BCUT2D eigenvalue weighted by molar-refractivity contribution is 0.471. The van der Waals surface area contributed by atoms with Gasteiger partial charge < -0.3 is 9.72 Å². The second kappa shape index (κ2) is 6.29. The molecule has 0 atom stereocenters. The third-order valence-corrected chi connectivity index (χ3v) is 3.87. The van der Waals surface area contributed by atoms with E-state index < -0.39 is 0 Å². The lowest BCUT2D eigenvalue weighted by atomic mass is 10.2. The Labute approximate surface area is 134 Å². The Morgan fingerprint density at radius 1 is 1.45 bits per heavy atom. The quantitative estimate of drug-likeness (QED) is 0.796. The molecule has 0 saturated carbocycles. The van der Waals surface area contributed by atoms with E-state index in [1.54, 1.807) is 24.4 Å². The molecule has 0 fully saturated rings. The van der Waals surface area contributed by atoms with Gasteiger partial charge >= 0.3 is 0 Å². The number of benzene rings is 1. The van der Waals surface area contributed by atoms with E-state index in [1.807, 2.05) is 35.6 Å². The molecule has 102 valence electrons. The van der Waals surface area contributed by atoms with Crippen LogP contribution in [0.3, 0.4) is 0 Å². The summed E-state index contributed by atoms with van der Waals surface area (Å²) in [5.74, 6) is 0.940. The van der Waals surface area contributed by atoms with E-state index in [2.05, 4.69) is 4.98 Å². The fraction of sp³-hybridized carbons (Fsp3) is 0.143. The predicted molar refractivity (Wildman–Crippen MR) is 85.4 cm³/mol. The van der Waals surface area contributed by atoms with E-state index in [4.69, 9.17) is 21.6 Å². The van der Waals surface area contributed by atoms with Crippen molar-refractivity contribution in [2.24, 2.45) is 0 Å². The highest BCUT2D eigenvalue weighted by atomic mass is 127. The van der Waals surface area contributed by atoms with Crippen LogP contribution < -0.4 is 10.3 Å². The van der Waals surface area contributed by atoms with E-state index >= 15 is 0 Å². The molecule has 0 bridgehead atoms. The van der Waals surface area contributed by atoms with Gasteiger partial charge in [-0.3, -0.25) is 4.79 Å². The normalized spacial score (nSPS) is 10.1. The molecule has 1 heterocycles. The summed E-state index contributed by atoms with van der Waals surface area (Å²) < 4.78 is 6.24. The lowest BCUT2D eigenvalue weighted by Crippen LogP contribution is -2.12. The highest BCUT2D eigenvalue weighted by Crippen LogP contribution is 2.30. The second-order valence-corrected chi connectivity index (χ2v) is 5.54. The minimum Gasteiger partial charge on any atom is -0.456 e. The van der Waals surface area contributed by atoms with E-state index in [1.165, 1.54) is 0 Å². The number of halogens is 2. The topological polar surface area (TPSA) is 65.9 Å². The maximum Gasteiger partial charge on any atom is 0.265 e. The summed E-state index contributed by atoms with van der Waals surface area (Å²) in [6.45, 7) is 1.97. The Bertz CT molecular complexity index is 750. The molecule has 4 nitrogen and oxygen atoms in total. The molecule has 0 unspecified atom stereocenters. The van der Waals surface area contributed by atoms with Crippen LogP contribution in [0.1, 0.15) is 18.1 Å². The third-order valence-electron chi connectivity index (χ3n) is 2.67. The molecule has 0 spiro atoms. The van der Waals surface area contributed by atoms with Crippen LogP contribution in [0.4, 0.5) is 0 Å². The summed E-state index contributed by atoms with van der Waals surface area (Å²) in [5, 5.41) is 9.35. The molecule has 0 amide bonds. The van der Waals surface area contributed by atoms with Crippen molar-refractivity contribution in [1.82, 2.24) is 4.98 Å². The van der Waals surface area contributed by atoms with Crippen LogP contribution in [-0.2, 0) is 6.42 Å². The van der Waals surface area contributed by atoms with Gasteiger partial charge in [0.25, 0.3) is 5.56 Å². The first-order valence-electron chi connectivity index (χ1n) is 5.83. The first kappa shape index (κ1) is 14.9. The van der Waals surface area contributed by atoms with Gasteiger partial charge in [-0.15, -0.1) is 0 Å². The van der Waals surface area contributed by atoms with Gasteiger partial charge in [0.1, 0.15) is 9.32 Å². The Morgan fingerprint density at radius 3 is 2.85 bits per heavy atom. The zero-order chi connectivity index (χ0) is 14.7. The molecule has 6 heteroatoms. The lowest BCUT2D eigenvalue weighted by Gasteiger charge is -2.12. The number of ether oxygens (including phenoxy) is 1. The third kappa shape index (κ3) is 3.14. The summed E-state index contributed by atoms with van der Waals surface area (Å²) in [6, 6.07) is 6.76. The van der Waals surface area contributed by atoms with Crippen molar-refractivity contribution in [2.75, 3.05) is 0 Å². The van der Waals surface area contributed by atoms with E-state index in [-0.39, 0.29) is 5.56 Å². The molecule has 2 aromatic rings. The summed E-state index contributed by atoms with van der Waals surface area (Å²) >= 11 is 7.88. The minimum absolute atomic E-state index is 0.208. The standard InChI is InChI=1S/C14H10ClIN2O2/c1-2-9-7-18-14(19)12(16)13(9)20-11-4-8(6-17)3-10(15)5-11/h3-5,7H,2H2,1H3,(H,18,19). The summed E-state index contributed by atoms with van der Waals surface area (Å²) in [7, 11) is 0. The Hall–Kier alpha value is -1.52. The second-order valence-electron chi connectivity index (χ2n) is 4.03.